The average Bonchev–Trinajstić information content (AvgIpc) is 2.28. The Hall–Kier alpha value is -2.41. The van der Waals surface area contributed by atoms with Gasteiger partial charge in [0, 0.05) is 21.8 Å². The van der Waals surface area contributed by atoms with Crippen LogP contribution in [0.15, 0.2) is 36.5 Å². The Morgan fingerprint density at radius 1 is 0.789 bits per heavy atom. The summed E-state index contributed by atoms with van der Waals surface area (Å²) in [5.74, 6) is -2.56. The van der Waals surface area contributed by atoms with Crippen molar-refractivity contribution in [1.82, 2.24) is 0 Å². The summed E-state index contributed by atoms with van der Waals surface area (Å²) in [4.78, 5) is 38.9. The van der Waals surface area contributed by atoms with Crippen LogP contribution >= 0.6 is 0 Å². The van der Waals surface area contributed by atoms with Crippen molar-refractivity contribution in [2.75, 3.05) is 0 Å². The van der Waals surface area contributed by atoms with E-state index < -0.39 is 17.9 Å². The second kappa shape index (κ2) is 9.60. The van der Waals surface area contributed by atoms with Gasteiger partial charge in [-0.3, -0.25) is 9.78 Å². The smallest absolute Gasteiger partial charge is 0.372 e. The van der Waals surface area contributed by atoms with E-state index in [0.29, 0.717) is 0 Å². The molecule has 0 aliphatic heterocycles. The molecular formula is C12H16O7. The van der Waals surface area contributed by atoms with Crippen molar-refractivity contribution in [3.63, 3.8) is 0 Å². The van der Waals surface area contributed by atoms with Crippen molar-refractivity contribution in [1.29, 1.82) is 0 Å². The molecule has 0 amide bonds. The number of carbonyl (C=O) groups excluding carboxylic acids is 2. The van der Waals surface area contributed by atoms with E-state index in [9.17, 15) is 14.4 Å². The molecule has 0 rings (SSSR count). The molecule has 0 unspecified atom stereocenters. The highest BCUT2D eigenvalue weighted by Gasteiger charge is 2.08. The van der Waals surface area contributed by atoms with E-state index >= 15 is 0 Å². The summed E-state index contributed by atoms with van der Waals surface area (Å²) in [6.07, 6.45) is 0. The van der Waals surface area contributed by atoms with Gasteiger partial charge in [-0.05, 0) is 20.8 Å². The molecule has 0 bridgehead atoms. The van der Waals surface area contributed by atoms with E-state index in [4.69, 9.17) is 5.11 Å². The second-order valence-electron chi connectivity index (χ2n) is 3.46. The van der Waals surface area contributed by atoms with E-state index in [1.165, 1.54) is 20.8 Å². The molecule has 7 nitrogen and oxygen atoms in total. The van der Waals surface area contributed by atoms with Crippen LogP contribution in [0.4, 0.5) is 0 Å². The van der Waals surface area contributed by atoms with Gasteiger partial charge in [-0.25, -0.2) is 14.4 Å². The summed E-state index contributed by atoms with van der Waals surface area (Å²) in [5, 5.41) is 11.8. The molecule has 0 radical (unpaired) electrons. The van der Waals surface area contributed by atoms with Gasteiger partial charge in [0.05, 0.1) is 0 Å². The lowest BCUT2D eigenvalue weighted by Crippen LogP contribution is -2.11. The van der Waals surface area contributed by atoms with Crippen LogP contribution in [-0.4, -0.2) is 23.0 Å². The molecule has 19 heavy (non-hydrogen) atoms. The van der Waals surface area contributed by atoms with E-state index in [1.54, 1.807) is 0 Å². The highest BCUT2D eigenvalue weighted by Crippen LogP contribution is 1.96. The van der Waals surface area contributed by atoms with E-state index in [-0.39, 0.29) is 16.7 Å². The molecular weight excluding hydrogens is 256 g/mol. The zero-order chi connectivity index (χ0) is 15.6. The summed E-state index contributed by atoms with van der Waals surface area (Å²) in [5.41, 5.74) is 0.438. The Morgan fingerprint density at radius 3 is 1.21 bits per heavy atom. The lowest BCUT2D eigenvalue weighted by atomic mass is 10.4. The first-order valence-electron chi connectivity index (χ1n) is 4.89. The van der Waals surface area contributed by atoms with Gasteiger partial charge in [-0.15, -0.1) is 0 Å². The summed E-state index contributed by atoms with van der Waals surface area (Å²) >= 11 is 0. The summed E-state index contributed by atoms with van der Waals surface area (Å²) in [7, 11) is 0. The fourth-order valence-corrected chi connectivity index (χ4v) is 0.221. The highest BCUT2D eigenvalue weighted by molar-refractivity contribution is 5.87. The second-order valence-corrected chi connectivity index (χ2v) is 3.46. The largest absolute Gasteiger partial charge is 0.478 e. The maximum atomic E-state index is 10.6. The van der Waals surface area contributed by atoms with Gasteiger partial charge in [0.25, 0.3) is 0 Å². The Kier molecular flexibility index (Phi) is 9.57. The van der Waals surface area contributed by atoms with Crippen molar-refractivity contribution < 1.29 is 34.3 Å². The van der Waals surface area contributed by atoms with Crippen LogP contribution in [0.3, 0.4) is 0 Å². The quantitative estimate of drug-likeness (QED) is 0.462. The zero-order valence-corrected chi connectivity index (χ0v) is 11.0. The topological polar surface area (TPSA) is 99.1 Å². The first-order valence-corrected chi connectivity index (χ1v) is 4.89. The number of rotatable bonds is 5. The molecule has 106 valence electrons. The normalized spacial score (nSPS) is 8.37. The maximum absolute atomic E-state index is 10.6. The Labute approximate surface area is 110 Å². The van der Waals surface area contributed by atoms with Crippen molar-refractivity contribution in [2.24, 2.45) is 0 Å². The first-order chi connectivity index (χ1) is 8.59. The third-order valence-corrected chi connectivity index (χ3v) is 1.28. The molecule has 0 aromatic heterocycles. The first kappa shape index (κ1) is 18.9. The number of carboxylic acids is 1. The van der Waals surface area contributed by atoms with Gasteiger partial charge in [0.2, 0.25) is 0 Å². The molecule has 0 saturated carbocycles. The molecule has 0 fully saturated rings. The third kappa shape index (κ3) is 11.8. The number of aliphatic carboxylic acids is 1. The monoisotopic (exact) mass is 272 g/mol. The predicted octanol–water partition coefficient (Wildman–Crippen LogP) is 1.72. The molecule has 0 atom stereocenters. The van der Waals surface area contributed by atoms with Gasteiger partial charge in [-0.2, -0.15) is 0 Å². The minimum atomic E-state index is -0.935. The van der Waals surface area contributed by atoms with Crippen LogP contribution in [0.2, 0.25) is 0 Å². The van der Waals surface area contributed by atoms with Crippen LogP contribution < -0.4 is 0 Å². The number of carboxylic acid groups (broad SMARTS) is 1. The molecule has 7 heteroatoms. The SMILES string of the molecule is C=C(C)C(=O)O.C=C(C)C(=O)OOOC(=O)C(=C)C. The fraction of sp³-hybridized carbons (Fsp3) is 0.250. The van der Waals surface area contributed by atoms with Gasteiger partial charge >= 0.3 is 17.9 Å². The van der Waals surface area contributed by atoms with E-state index in [1.807, 2.05) is 0 Å². The van der Waals surface area contributed by atoms with Crippen LogP contribution in [0, 0.1) is 0 Å². The van der Waals surface area contributed by atoms with Crippen LogP contribution in [0.1, 0.15) is 20.8 Å². The highest BCUT2D eigenvalue weighted by atomic mass is 17.5. The minimum Gasteiger partial charge on any atom is -0.478 e. The lowest BCUT2D eigenvalue weighted by Gasteiger charge is -2.00. The average molecular weight is 272 g/mol. The van der Waals surface area contributed by atoms with Crippen LogP contribution in [-0.2, 0) is 29.2 Å². The minimum absolute atomic E-state index is 0.131. The van der Waals surface area contributed by atoms with E-state index in [0.717, 1.165) is 0 Å². The molecule has 1 N–H and O–H groups in total. The Bertz CT molecular complexity index is 368. The molecule has 0 heterocycles. The fourth-order valence-electron chi connectivity index (χ4n) is 0.221. The van der Waals surface area contributed by atoms with Crippen molar-refractivity contribution in [2.45, 2.75) is 20.8 Å². The summed E-state index contributed by atoms with van der Waals surface area (Å²) in [6, 6.07) is 0. The standard InChI is InChI=1S/C8H10O5.C4H6O2/c1-5(2)7(9)11-13-12-8(10)6(3)4;1-3(2)4(5)6/h1,3H2,2,4H3;1H2,2H3,(H,5,6). The zero-order valence-electron chi connectivity index (χ0n) is 11.0. The molecule has 0 aliphatic rings. The van der Waals surface area contributed by atoms with Gasteiger partial charge in [-0.1, -0.05) is 19.7 Å². The van der Waals surface area contributed by atoms with Crippen molar-refractivity contribution in [3.8, 4) is 0 Å². The summed E-state index contributed by atoms with van der Waals surface area (Å²) in [6.45, 7) is 14.0. The maximum Gasteiger partial charge on any atom is 0.372 e. The van der Waals surface area contributed by atoms with Crippen LogP contribution in [0.25, 0.3) is 0 Å². The predicted molar refractivity (Wildman–Crippen MR) is 65.3 cm³/mol. The molecule has 0 saturated heterocycles. The van der Waals surface area contributed by atoms with Crippen LogP contribution in [0.5, 0.6) is 0 Å². The number of hydrogen-bond acceptors (Lipinski definition) is 6. The number of hydrogen-bond donors (Lipinski definition) is 1. The van der Waals surface area contributed by atoms with Crippen molar-refractivity contribution in [3.05, 3.63) is 36.5 Å². The Balaban J connectivity index is 0. The molecule has 0 aliphatic carbocycles. The van der Waals surface area contributed by atoms with Gasteiger partial charge < -0.3 is 5.11 Å². The number of carbonyl (C=O) groups is 3. The summed E-state index contributed by atoms with van der Waals surface area (Å²) < 4.78 is 0. The van der Waals surface area contributed by atoms with Gasteiger partial charge in [0.1, 0.15) is 0 Å². The molecule has 0 aromatic rings. The molecule has 0 aromatic carbocycles. The Morgan fingerprint density at radius 2 is 1.05 bits per heavy atom. The van der Waals surface area contributed by atoms with Gasteiger partial charge in [0.15, 0.2) is 0 Å². The lowest BCUT2D eigenvalue weighted by molar-refractivity contribution is -0.456. The molecule has 0 spiro atoms. The third-order valence-electron chi connectivity index (χ3n) is 1.28. The van der Waals surface area contributed by atoms with Crippen molar-refractivity contribution >= 4 is 17.9 Å². The van der Waals surface area contributed by atoms with E-state index in [2.05, 4.69) is 34.6 Å².